The van der Waals surface area contributed by atoms with E-state index in [2.05, 4.69) is 10.6 Å². The molecule has 0 aliphatic heterocycles. The highest BCUT2D eigenvalue weighted by molar-refractivity contribution is 5.55. The molecule has 0 unspecified atom stereocenters. The van der Waals surface area contributed by atoms with Crippen LogP contribution in [-0.2, 0) is 0 Å². The van der Waals surface area contributed by atoms with E-state index >= 15 is 0 Å². The lowest BCUT2D eigenvalue weighted by molar-refractivity contribution is -0.384. The number of non-ortho nitro benzene ring substituents is 1. The summed E-state index contributed by atoms with van der Waals surface area (Å²) in [7, 11) is 2.01. The Labute approximate surface area is 113 Å². The van der Waals surface area contributed by atoms with Gasteiger partial charge < -0.3 is 10.6 Å². The molecule has 0 radical (unpaired) electrons. The van der Waals surface area contributed by atoms with Crippen molar-refractivity contribution in [3.8, 4) is 0 Å². The zero-order chi connectivity index (χ0) is 13.8. The molecule has 1 aliphatic carbocycles. The molecule has 0 atom stereocenters. The van der Waals surface area contributed by atoms with Crippen LogP contribution in [0.15, 0.2) is 18.2 Å². The molecule has 0 amide bonds. The molecule has 104 valence electrons. The van der Waals surface area contributed by atoms with Gasteiger partial charge in [0.05, 0.1) is 4.92 Å². The Balaban J connectivity index is 1.98. The van der Waals surface area contributed by atoms with E-state index < -0.39 is 0 Å². The minimum Gasteiger partial charge on any atom is -0.382 e. The number of benzene rings is 1. The summed E-state index contributed by atoms with van der Waals surface area (Å²) in [6.45, 7) is 1.91. The molecule has 5 nitrogen and oxygen atoms in total. The van der Waals surface area contributed by atoms with Gasteiger partial charge >= 0.3 is 0 Å². The highest BCUT2D eigenvalue weighted by atomic mass is 16.6. The third-order valence-electron chi connectivity index (χ3n) is 3.92. The Morgan fingerprint density at radius 1 is 1.21 bits per heavy atom. The lowest BCUT2D eigenvalue weighted by atomic mass is 9.91. The van der Waals surface area contributed by atoms with Gasteiger partial charge in [-0.05, 0) is 51.3 Å². The van der Waals surface area contributed by atoms with Crippen LogP contribution in [0.1, 0.15) is 31.2 Å². The fourth-order valence-corrected chi connectivity index (χ4v) is 2.67. The summed E-state index contributed by atoms with van der Waals surface area (Å²) in [5, 5.41) is 17.5. The molecule has 0 saturated heterocycles. The molecule has 2 rings (SSSR count). The largest absolute Gasteiger partial charge is 0.382 e. The molecule has 1 aromatic rings. The lowest BCUT2D eigenvalue weighted by Crippen LogP contribution is -2.35. The van der Waals surface area contributed by atoms with Crippen molar-refractivity contribution in [2.75, 3.05) is 12.4 Å². The van der Waals surface area contributed by atoms with Gasteiger partial charge in [0.2, 0.25) is 0 Å². The molecule has 0 bridgehead atoms. The molecule has 19 heavy (non-hydrogen) atoms. The number of rotatable bonds is 4. The summed E-state index contributed by atoms with van der Waals surface area (Å²) in [6, 6.07) is 6.12. The fraction of sp³-hybridized carbons (Fsp3) is 0.571. The van der Waals surface area contributed by atoms with E-state index in [0.29, 0.717) is 12.1 Å². The van der Waals surface area contributed by atoms with Crippen LogP contribution in [-0.4, -0.2) is 24.1 Å². The van der Waals surface area contributed by atoms with E-state index in [4.69, 9.17) is 0 Å². The van der Waals surface area contributed by atoms with Crippen LogP contribution >= 0.6 is 0 Å². The normalized spacial score (nSPS) is 23.1. The van der Waals surface area contributed by atoms with Gasteiger partial charge in [-0.15, -0.1) is 0 Å². The number of nitro benzene ring substituents is 1. The minimum atomic E-state index is -0.352. The Hall–Kier alpha value is -1.62. The molecule has 1 saturated carbocycles. The van der Waals surface area contributed by atoms with E-state index in [9.17, 15) is 10.1 Å². The first-order valence-electron chi connectivity index (χ1n) is 6.79. The van der Waals surface area contributed by atoms with Crippen molar-refractivity contribution in [2.45, 2.75) is 44.7 Å². The molecular formula is C14H21N3O2. The average molecular weight is 263 g/mol. The summed E-state index contributed by atoms with van der Waals surface area (Å²) in [5.41, 5.74) is 2.10. The van der Waals surface area contributed by atoms with Crippen LogP contribution in [0.5, 0.6) is 0 Å². The molecule has 1 fully saturated rings. The second-order valence-electron chi connectivity index (χ2n) is 5.24. The second-order valence-corrected chi connectivity index (χ2v) is 5.24. The molecule has 0 aromatic heterocycles. The second kappa shape index (κ2) is 6.02. The molecule has 2 N–H and O–H groups in total. The predicted octanol–water partition coefficient (Wildman–Crippen LogP) is 2.85. The van der Waals surface area contributed by atoms with Gasteiger partial charge in [-0.3, -0.25) is 10.1 Å². The summed E-state index contributed by atoms with van der Waals surface area (Å²) in [4.78, 5) is 10.3. The van der Waals surface area contributed by atoms with Crippen molar-refractivity contribution >= 4 is 11.4 Å². The minimum absolute atomic E-state index is 0.155. The summed E-state index contributed by atoms with van der Waals surface area (Å²) in [5.74, 6) is 0. The smallest absolute Gasteiger partial charge is 0.269 e. The first-order chi connectivity index (χ1) is 9.10. The first kappa shape index (κ1) is 13.8. The Morgan fingerprint density at radius 2 is 1.84 bits per heavy atom. The first-order valence-corrected chi connectivity index (χ1v) is 6.79. The summed E-state index contributed by atoms with van der Waals surface area (Å²) < 4.78 is 0. The molecule has 0 spiro atoms. The van der Waals surface area contributed by atoms with E-state index in [1.54, 1.807) is 12.1 Å². The van der Waals surface area contributed by atoms with E-state index in [0.717, 1.165) is 24.1 Å². The van der Waals surface area contributed by atoms with Gasteiger partial charge in [0.25, 0.3) is 5.69 Å². The fourth-order valence-electron chi connectivity index (χ4n) is 2.67. The van der Waals surface area contributed by atoms with Crippen molar-refractivity contribution in [3.63, 3.8) is 0 Å². The van der Waals surface area contributed by atoms with E-state index in [1.165, 1.54) is 12.8 Å². The van der Waals surface area contributed by atoms with Crippen LogP contribution in [0.25, 0.3) is 0 Å². The molecule has 1 aromatic carbocycles. The maximum Gasteiger partial charge on any atom is 0.269 e. The summed E-state index contributed by atoms with van der Waals surface area (Å²) >= 11 is 0. The van der Waals surface area contributed by atoms with Crippen LogP contribution < -0.4 is 10.6 Å². The molecular weight excluding hydrogens is 242 g/mol. The average Bonchev–Trinajstić information content (AvgIpc) is 2.41. The lowest BCUT2D eigenvalue weighted by Gasteiger charge is -2.29. The van der Waals surface area contributed by atoms with Crippen LogP contribution in [0, 0.1) is 17.0 Å². The third-order valence-corrected chi connectivity index (χ3v) is 3.92. The van der Waals surface area contributed by atoms with Crippen LogP contribution in [0.3, 0.4) is 0 Å². The van der Waals surface area contributed by atoms with Gasteiger partial charge in [-0.2, -0.15) is 0 Å². The summed E-state index contributed by atoms with van der Waals surface area (Å²) in [6.07, 6.45) is 4.64. The van der Waals surface area contributed by atoms with Crippen LogP contribution in [0.4, 0.5) is 11.4 Å². The molecule has 0 heterocycles. The number of hydrogen-bond acceptors (Lipinski definition) is 4. The van der Waals surface area contributed by atoms with E-state index in [-0.39, 0.29) is 10.6 Å². The van der Waals surface area contributed by atoms with Gasteiger partial charge in [0, 0.05) is 29.9 Å². The Kier molecular flexibility index (Phi) is 4.37. The Morgan fingerprint density at radius 3 is 2.37 bits per heavy atom. The van der Waals surface area contributed by atoms with Gasteiger partial charge in [-0.25, -0.2) is 0 Å². The van der Waals surface area contributed by atoms with Gasteiger partial charge in [0.1, 0.15) is 0 Å². The van der Waals surface area contributed by atoms with Crippen molar-refractivity contribution < 1.29 is 4.92 Å². The molecule has 1 aliphatic rings. The maximum atomic E-state index is 10.7. The SMILES string of the molecule is CNC1CCC(Nc2ccc([N+](=O)[O-])cc2C)CC1. The quantitative estimate of drug-likeness (QED) is 0.647. The molecule has 5 heteroatoms. The highest BCUT2D eigenvalue weighted by Crippen LogP contribution is 2.26. The highest BCUT2D eigenvalue weighted by Gasteiger charge is 2.20. The van der Waals surface area contributed by atoms with Crippen molar-refractivity contribution in [1.82, 2.24) is 5.32 Å². The van der Waals surface area contributed by atoms with Crippen molar-refractivity contribution in [1.29, 1.82) is 0 Å². The third kappa shape index (κ3) is 3.44. The van der Waals surface area contributed by atoms with Gasteiger partial charge in [0.15, 0.2) is 0 Å². The topological polar surface area (TPSA) is 67.2 Å². The van der Waals surface area contributed by atoms with E-state index in [1.807, 2.05) is 20.0 Å². The monoisotopic (exact) mass is 263 g/mol. The van der Waals surface area contributed by atoms with Crippen LogP contribution in [0.2, 0.25) is 0 Å². The standard InChI is InChI=1S/C14H21N3O2/c1-10-9-13(17(18)19)7-8-14(10)16-12-5-3-11(15-2)4-6-12/h7-9,11-12,15-16H,3-6H2,1-2H3. The number of hydrogen-bond donors (Lipinski definition) is 2. The number of aryl methyl sites for hydroxylation is 1. The van der Waals surface area contributed by atoms with Crippen molar-refractivity contribution in [2.24, 2.45) is 0 Å². The zero-order valence-electron chi connectivity index (χ0n) is 11.5. The number of anilines is 1. The number of nitro groups is 1. The maximum absolute atomic E-state index is 10.7. The predicted molar refractivity (Wildman–Crippen MR) is 76.6 cm³/mol. The Bertz CT molecular complexity index is 454. The van der Waals surface area contributed by atoms with Crippen molar-refractivity contribution in [3.05, 3.63) is 33.9 Å². The van der Waals surface area contributed by atoms with Gasteiger partial charge in [-0.1, -0.05) is 0 Å². The number of nitrogens with one attached hydrogen (secondary N) is 2. The number of nitrogens with zero attached hydrogens (tertiary/aromatic N) is 1. The zero-order valence-corrected chi connectivity index (χ0v) is 11.5.